The number of nitrogens with zero attached hydrogens (tertiary/aromatic N) is 3. The standard InChI is InChI=1S/C21H27N3O3/c1-22(2)11-12-23-13-14-24(18-8-6-5-7-17(18)23)21(25)16-9-10-19(26-3)20(15-16)27-4/h5-10,15H,11-14H2,1-4H3. The largest absolute Gasteiger partial charge is 0.493 e. The summed E-state index contributed by atoms with van der Waals surface area (Å²) in [6.07, 6.45) is 0. The zero-order valence-corrected chi connectivity index (χ0v) is 16.4. The number of hydrogen-bond donors (Lipinski definition) is 0. The number of likely N-dealkylation sites (N-methyl/N-ethyl adjacent to an activating group) is 1. The second kappa shape index (κ2) is 8.31. The van der Waals surface area contributed by atoms with Gasteiger partial charge in [-0.15, -0.1) is 0 Å². The average Bonchev–Trinajstić information content (AvgIpc) is 2.70. The first-order valence-electron chi connectivity index (χ1n) is 9.07. The van der Waals surface area contributed by atoms with E-state index < -0.39 is 0 Å². The summed E-state index contributed by atoms with van der Waals surface area (Å²) in [6, 6.07) is 13.4. The van der Waals surface area contributed by atoms with E-state index >= 15 is 0 Å². The Kier molecular flexibility index (Phi) is 5.86. The van der Waals surface area contributed by atoms with Crippen molar-refractivity contribution in [1.29, 1.82) is 0 Å². The summed E-state index contributed by atoms with van der Waals surface area (Å²) >= 11 is 0. The Morgan fingerprint density at radius 2 is 1.70 bits per heavy atom. The first-order chi connectivity index (χ1) is 13.0. The van der Waals surface area contributed by atoms with Gasteiger partial charge in [-0.1, -0.05) is 12.1 Å². The molecule has 1 aliphatic rings. The Hall–Kier alpha value is -2.73. The van der Waals surface area contributed by atoms with Crippen molar-refractivity contribution in [2.24, 2.45) is 0 Å². The zero-order valence-electron chi connectivity index (χ0n) is 16.4. The van der Waals surface area contributed by atoms with Gasteiger partial charge in [-0.3, -0.25) is 4.79 Å². The van der Waals surface area contributed by atoms with E-state index in [0.717, 1.165) is 31.0 Å². The predicted molar refractivity (Wildman–Crippen MR) is 108 cm³/mol. The second-order valence-electron chi connectivity index (χ2n) is 6.81. The Bertz CT molecular complexity index is 807. The molecule has 6 nitrogen and oxygen atoms in total. The molecule has 0 saturated heterocycles. The molecule has 0 spiro atoms. The summed E-state index contributed by atoms with van der Waals surface area (Å²) in [5, 5.41) is 0. The van der Waals surface area contributed by atoms with Crippen molar-refractivity contribution in [3.63, 3.8) is 0 Å². The van der Waals surface area contributed by atoms with Crippen LogP contribution in [-0.4, -0.2) is 65.3 Å². The Labute approximate surface area is 160 Å². The monoisotopic (exact) mass is 369 g/mol. The third-order valence-electron chi connectivity index (χ3n) is 4.80. The third kappa shape index (κ3) is 4.01. The lowest BCUT2D eigenvalue weighted by Gasteiger charge is -2.38. The molecule has 0 atom stereocenters. The quantitative estimate of drug-likeness (QED) is 0.783. The molecule has 2 aromatic rings. The van der Waals surface area contributed by atoms with Gasteiger partial charge in [0.15, 0.2) is 11.5 Å². The number of hydrogen-bond acceptors (Lipinski definition) is 5. The zero-order chi connectivity index (χ0) is 19.4. The van der Waals surface area contributed by atoms with E-state index in [4.69, 9.17) is 9.47 Å². The molecule has 0 saturated carbocycles. The van der Waals surface area contributed by atoms with Crippen LogP contribution in [0.3, 0.4) is 0 Å². The van der Waals surface area contributed by atoms with Crippen LogP contribution in [0.4, 0.5) is 11.4 Å². The topological polar surface area (TPSA) is 45.2 Å². The van der Waals surface area contributed by atoms with Crippen LogP contribution in [0.25, 0.3) is 0 Å². The first-order valence-corrected chi connectivity index (χ1v) is 9.07. The van der Waals surface area contributed by atoms with E-state index in [0.29, 0.717) is 23.6 Å². The Morgan fingerprint density at radius 1 is 1.00 bits per heavy atom. The second-order valence-corrected chi connectivity index (χ2v) is 6.81. The normalized spacial score (nSPS) is 13.5. The molecule has 6 heteroatoms. The van der Waals surface area contributed by atoms with Crippen molar-refractivity contribution < 1.29 is 14.3 Å². The molecular formula is C21H27N3O3. The van der Waals surface area contributed by atoms with Gasteiger partial charge in [0.1, 0.15) is 0 Å². The Balaban J connectivity index is 1.88. The van der Waals surface area contributed by atoms with Crippen LogP contribution in [0.5, 0.6) is 11.5 Å². The summed E-state index contributed by atoms with van der Waals surface area (Å²) in [6.45, 7) is 3.36. The smallest absolute Gasteiger partial charge is 0.258 e. The van der Waals surface area contributed by atoms with E-state index in [1.165, 1.54) is 0 Å². The maximum Gasteiger partial charge on any atom is 0.258 e. The van der Waals surface area contributed by atoms with E-state index in [-0.39, 0.29) is 5.91 Å². The van der Waals surface area contributed by atoms with Crippen LogP contribution in [0.1, 0.15) is 10.4 Å². The van der Waals surface area contributed by atoms with Gasteiger partial charge in [0, 0.05) is 31.7 Å². The lowest BCUT2D eigenvalue weighted by Crippen LogP contribution is -2.45. The molecule has 144 valence electrons. The van der Waals surface area contributed by atoms with Crippen LogP contribution in [-0.2, 0) is 0 Å². The SMILES string of the molecule is COc1ccc(C(=O)N2CCN(CCN(C)C)c3ccccc32)cc1OC. The number of carbonyl (C=O) groups excluding carboxylic acids is 1. The number of rotatable bonds is 6. The first kappa shape index (κ1) is 19.0. The van der Waals surface area contributed by atoms with Crippen LogP contribution < -0.4 is 19.3 Å². The fourth-order valence-electron chi connectivity index (χ4n) is 3.31. The molecule has 0 bridgehead atoms. The Morgan fingerprint density at radius 3 is 2.37 bits per heavy atom. The van der Waals surface area contributed by atoms with Crippen molar-refractivity contribution in [2.45, 2.75) is 0 Å². The fraction of sp³-hybridized carbons (Fsp3) is 0.381. The molecule has 0 radical (unpaired) electrons. The highest BCUT2D eigenvalue weighted by Gasteiger charge is 2.27. The highest BCUT2D eigenvalue weighted by atomic mass is 16.5. The van der Waals surface area contributed by atoms with E-state index in [9.17, 15) is 4.79 Å². The molecule has 0 fully saturated rings. The summed E-state index contributed by atoms with van der Waals surface area (Å²) in [7, 11) is 7.30. The summed E-state index contributed by atoms with van der Waals surface area (Å²) in [5.41, 5.74) is 2.63. The van der Waals surface area contributed by atoms with Crippen LogP contribution >= 0.6 is 0 Å². The minimum atomic E-state index is -0.0318. The van der Waals surface area contributed by atoms with Crippen molar-refractivity contribution in [3.8, 4) is 11.5 Å². The van der Waals surface area contributed by atoms with Gasteiger partial charge in [-0.2, -0.15) is 0 Å². The molecule has 3 rings (SSSR count). The molecular weight excluding hydrogens is 342 g/mol. The molecule has 0 unspecified atom stereocenters. The fourth-order valence-corrected chi connectivity index (χ4v) is 3.31. The van der Waals surface area contributed by atoms with Crippen molar-refractivity contribution in [2.75, 3.05) is 64.3 Å². The minimum Gasteiger partial charge on any atom is -0.493 e. The molecule has 1 heterocycles. The highest BCUT2D eigenvalue weighted by molar-refractivity contribution is 6.08. The highest BCUT2D eigenvalue weighted by Crippen LogP contribution is 2.35. The number of methoxy groups -OCH3 is 2. The summed E-state index contributed by atoms with van der Waals surface area (Å²) in [5.74, 6) is 1.14. The molecule has 27 heavy (non-hydrogen) atoms. The number of fused-ring (bicyclic) bond motifs is 1. The van der Waals surface area contributed by atoms with Crippen molar-refractivity contribution >= 4 is 17.3 Å². The van der Waals surface area contributed by atoms with E-state index in [1.807, 2.05) is 23.1 Å². The van der Waals surface area contributed by atoms with Gasteiger partial charge in [-0.05, 0) is 44.4 Å². The average molecular weight is 369 g/mol. The molecule has 0 aromatic heterocycles. The van der Waals surface area contributed by atoms with Gasteiger partial charge in [0.25, 0.3) is 5.91 Å². The van der Waals surface area contributed by atoms with Gasteiger partial charge < -0.3 is 24.2 Å². The minimum absolute atomic E-state index is 0.0318. The lowest BCUT2D eigenvalue weighted by molar-refractivity contribution is 0.0986. The number of anilines is 2. The van der Waals surface area contributed by atoms with Crippen molar-refractivity contribution in [1.82, 2.24) is 4.90 Å². The van der Waals surface area contributed by atoms with Crippen LogP contribution in [0.15, 0.2) is 42.5 Å². The molecule has 2 aromatic carbocycles. The summed E-state index contributed by atoms with van der Waals surface area (Å²) < 4.78 is 10.6. The van der Waals surface area contributed by atoms with Gasteiger partial charge in [0.2, 0.25) is 0 Å². The van der Waals surface area contributed by atoms with E-state index in [2.05, 4.69) is 30.0 Å². The maximum absolute atomic E-state index is 13.2. The van der Waals surface area contributed by atoms with Gasteiger partial charge in [-0.25, -0.2) is 0 Å². The summed E-state index contributed by atoms with van der Waals surface area (Å²) in [4.78, 5) is 19.6. The lowest BCUT2D eigenvalue weighted by atomic mass is 10.1. The number of ether oxygens (including phenoxy) is 2. The third-order valence-corrected chi connectivity index (χ3v) is 4.80. The number of carbonyl (C=O) groups is 1. The number of benzene rings is 2. The maximum atomic E-state index is 13.2. The van der Waals surface area contributed by atoms with Crippen molar-refractivity contribution in [3.05, 3.63) is 48.0 Å². The molecule has 1 amide bonds. The number of para-hydroxylation sites is 2. The predicted octanol–water partition coefficient (Wildman–Crippen LogP) is 2.73. The molecule has 0 aliphatic carbocycles. The van der Waals surface area contributed by atoms with Crippen LogP contribution in [0.2, 0.25) is 0 Å². The van der Waals surface area contributed by atoms with E-state index in [1.54, 1.807) is 32.4 Å². The number of amides is 1. The van der Waals surface area contributed by atoms with Gasteiger partial charge in [0.05, 0.1) is 25.6 Å². The molecule has 1 aliphatic heterocycles. The molecule has 0 N–H and O–H groups in total. The van der Waals surface area contributed by atoms with Gasteiger partial charge >= 0.3 is 0 Å². The van der Waals surface area contributed by atoms with Crippen LogP contribution in [0, 0.1) is 0 Å².